The number of anilines is 1. The molecule has 3 N–H and O–H groups in total. The molecule has 1 rings (SSSR count). The number of rotatable bonds is 6. The van der Waals surface area contributed by atoms with Crippen molar-refractivity contribution in [2.24, 2.45) is 5.92 Å². The number of carbonyl (C=O) groups excluding carboxylic acids is 1. The van der Waals surface area contributed by atoms with Crippen molar-refractivity contribution in [3.8, 4) is 0 Å². The Morgan fingerprint density at radius 3 is 2.62 bits per heavy atom. The van der Waals surface area contributed by atoms with E-state index in [9.17, 15) is 9.59 Å². The fraction of sp³-hybridized carbons (Fsp3) is 0.385. The van der Waals surface area contributed by atoms with Crippen molar-refractivity contribution in [3.05, 3.63) is 27.7 Å². The third-order valence-electron chi connectivity index (χ3n) is 2.59. The summed E-state index contributed by atoms with van der Waals surface area (Å²) in [7, 11) is 0. The van der Waals surface area contributed by atoms with Gasteiger partial charge in [0.05, 0.1) is 16.3 Å². The maximum absolute atomic E-state index is 11.8. The Hall–Kier alpha value is -1.11. The van der Waals surface area contributed by atoms with E-state index in [1.165, 1.54) is 12.1 Å². The van der Waals surface area contributed by atoms with E-state index in [0.29, 0.717) is 12.5 Å². The molecular weight excluding hydrogens is 335 g/mol. The van der Waals surface area contributed by atoms with E-state index in [0.717, 1.165) is 5.75 Å². The largest absolute Gasteiger partial charge is 0.478 e. The highest BCUT2D eigenvalue weighted by molar-refractivity contribution is 7.98. The number of thioether (sulfide) groups is 1. The summed E-state index contributed by atoms with van der Waals surface area (Å²) in [5.74, 6) is 0.0124. The number of carbonyl (C=O) groups is 2. The molecule has 1 atom stereocenters. The summed E-state index contributed by atoms with van der Waals surface area (Å²) < 4.78 is 0. The molecule has 0 spiro atoms. The van der Waals surface area contributed by atoms with Gasteiger partial charge in [-0.2, -0.15) is 11.8 Å². The van der Waals surface area contributed by atoms with Crippen LogP contribution in [0.4, 0.5) is 10.5 Å². The Balaban J connectivity index is 2.78. The van der Waals surface area contributed by atoms with Crippen molar-refractivity contribution in [2.75, 3.05) is 23.9 Å². The molecule has 21 heavy (non-hydrogen) atoms. The van der Waals surface area contributed by atoms with E-state index in [4.69, 9.17) is 28.3 Å². The van der Waals surface area contributed by atoms with Crippen LogP contribution in [0.3, 0.4) is 0 Å². The molecule has 0 saturated heterocycles. The zero-order chi connectivity index (χ0) is 16.0. The van der Waals surface area contributed by atoms with Gasteiger partial charge in [0.25, 0.3) is 0 Å². The number of benzene rings is 1. The molecule has 0 bridgehead atoms. The van der Waals surface area contributed by atoms with Crippen molar-refractivity contribution in [2.45, 2.75) is 6.92 Å². The monoisotopic (exact) mass is 350 g/mol. The molecule has 0 radical (unpaired) electrons. The van der Waals surface area contributed by atoms with Gasteiger partial charge in [0.15, 0.2) is 0 Å². The second-order valence-electron chi connectivity index (χ2n) is 4.51. The van der Waals surface area contributed by atoms with Gasteiger partial charge in [-0.3, -0.25) is 0 Å². The van der Waals surface area contributed by atoms with Crippen LogP contribution in [0.15, 0.2) is 12.1 Å². The van der Waals surface area contributed by atoms with Crippen LogP contribution in [-0.4, -0.2) is 35.7 Å². The summed E-state index contributed by atoms with van der Waals surface area (Å²) in [6.07, 6.45) is 1.99. The zero-order valence-electron chi connectivity index (χ0n) is 11.6. The standard InChI is InChI=1S/C13H16Cl2N2O3S/c1-7(6-21-2)5-16-13(20)17-11-9(12(18)19)3-8(14)4-10(11)15/h3-4,7H,5-6H2,1-2H3,(H,18,19)(H2,16,17,20). The Morgan fingerprint density at radius 1 is 1.38 bits per heavy atom. The first kappa shape index (κ1) is 17.9. The number of halogens is 2. The number of carboxylic acids is 1. The highest BCUT2D eigenvalue weighted by Crippen LogP contribution is 2.30. The average molecular weight is 351 g/mol. The fourth-order valence-electron chi connectivity index (χ4n) is 1.64. The highest BCUT2D eigenvalue weighted by Gasteiger charge is 2.17. The number of amides is 2. The lowest BCUT2D eigenvalue weighted by atomic mass is 10.2. The molecule has 0 aliphatic heterocycles. The Morgan fingerprint density at radius 2 is 2.05 bits per heavy atom. The number of hydrogen-bond acceptors (Lipinski definition) is 3. The highest BCUT2D eigenvalue weighted by atomic mass is 35.5. The zero-order valence-corrected chi connectivity index (χ0v) is 13.9. The summed E-state index contributed by atoms with van der Waals surface area (Å²) >= 11 is 13.4. The molecule has 0 aliphatic rings. The van der Waals surface area contributed by atoms with Crippen molar-refractivity contribution in [1.82, 2.24) is 5.32 Å². The van der Waals surface area contributed by atoms with Crippen LogP contribution in [-0.2, 0) is 0 Å². The number of urea groups is 1. The molecule has 2 amide bonds. The van der Waals surface area contributed by atoms with Gasteiger partial charge in [0, 0.05) is 11.6 Å². The number of nitrogens with one attached hydrogen (secondary N) is 2. The second kappa shape index (κ2) is 8.36. The number of carboxylic acid groups (broad SMARTS) is 1. The van der Waals surface area contributed by atoms with Crippen LogP contribution in [0, 0.1) is 5.92 Å². The molecule has 1 aromatic carbocycles. The lowest BCUT2D eigenvalue weighted by Crippen LogP contribution is -2.33. The fourth-order valence-corrected chi connectivity index (χ4v) is 2.86. The van der Waals surface area contributed by atoms with E-state index in [1.807, 2.05) is 13.2 Å². The van der Waals surface area contributed by atoms with Gasteiger partial charge in [0.2, 0.25) is 0 Å². The van der Waals surface area contributed by atoms with Crippen LogP contribution in [0.2, 0.25) is 10.0 Å². The SMILES string of the molecule is CSCC(C)CNC(=O)Nc1c(Cl)cc(Cl)cc1C(=O)O. The molecule has 0 aliphatic carbocycles. The number of hydrogen-bond donors (Lipinski definition) is 3. The smallest absolute Gasteiger partial charge is 0.337 e. The predicted octanol–water partition coefficient (Wildman–Crippen LogP) is 3.81. The molecule has 116 valence electrons. The molecule has 5 nitrogen and oxygen atoms in total. The van der Waals surface area contributed by atoms with E-state index < -0.39 is 12.0 Å². The molecule has 0 fully saturated rings. The number of aromatic carboxylic acids is 1. The summed E-state index contributed by atoms with van der Waals surface area (Å²) in [6, 6.07) is 2.11. The van der Waals surface area contributed by atoms with E-state index >= 15 is 0 Å². The van der Waals surface area contributed by atoms with Gasteiger partial charge in [-0.15, -0.1) is 0 Å². The minimum atomic E-state index is -1.22. The van der Waals surface area contributed by atoms with Crippen molar-refractivity contribution >= 4 is 52.7 Å². The quantitative estimate of drug-likeness (QED) is 0.728. The normalized spacial score (nSPS) is 11.8. The van der Waals surface area contributed by atoms with Gasteiger partial charge >= 0.3 is 12.0 Å². The Kier molecular flexibility index (Phi) is 7.14. The first-order valence-corrected chi connectivity index (χ1v) is 8.26. The van der Waals surface area contributed by atoms with Crippen LogP contribution in [0.1, 0.15) is 17.3 Å². The first-order chi connectivity index (χ1) is 9.85. The minimum absolute atomic E-state index is 0.0311. The summed E-state index contributed by atoms with van der Waals surface area (Å²) in [5, 5.41) is 14.5. The molecule has 0 saturated carbocycles. The lowest BCUT2D eigenvalue weighted by Gasteiger charge is -2.14. The molecule has 1 unspecified atom stereocenters. The third-order valence-corrected chi connectivity index (χ3v) is 4.00. The van der Waals surface area contributed by atoms with Gasteiger partial charge < -0.3 is 15.7 Å². The van der Waals surface area contributed by atoms with Crippen molar-refractivity contribution in [1.29, 1.82) is 0 Å². The Labute approximate surface area is 137 Å². The first-order valence-electron chi connectivity index (χ1n) is 6.11. The maximum atomic E-state index is 11.8. The third kappa shape index (κ3) is 5.65. The van der Waals surface area contributed by atoms with Gasteiger partial charge in [-0.25, -0.2) is 9.59 Å². The molecular formula is C13H16Cl2N2O3S. The van der Waals surface area contributed by atoms with Crippen LogP contribution in [0.5, 0.6) is 0 Å². The summed E-state index contributed by atoms with van der Waals surface area (Å²) in [6.45, 7) is 2.50. The van der Waals surface area contributed by atoms with Gasteiger partial charge in [-0.1, -0.05) is 30.1 Å². The molecule has 0 aromatic heterocycles. The van der Waals surface area contributed by atoms with Crippen molar-refractivity contribution in [3.63, 3.8) is 0 Å². The lowest BCUT2D eigenvalue weighted by molar-refractivity contribution is 0.0698. The predicted molar refractivity (Wildman–Crippen MR) is 88.0 cm³/mol. The topological polar surface area (TPSA) is 78.4 Å². The Bertz CT molecular complexity index is 540. The van der Waals surface area contributed by atoms with Gasteiger partial charge in [0.1, 0.15) is 0 Å². The molecule has 1 aromatic rings. The minimum Gasteiger partial charge on any atom is -0.478 e. The average Bonchev–Trinajstić information content (AvgIpc) is 2.39. The van der Waals surface area contributed by atoms with Crippen LogP contribution >= 0.6 is 35.0 Å². The second-order valence-corrected chi connectivity index (χ2v) is 6.27. The van der Waals surface area contributed by atoms with E-state index in [-0.39, 0.29) is 21.3 Å². The van der Waals surface area contributed by atoms with E-state index in [2.05, 4.69) is 10.6 Å². The van der Waals surface area contributed by atoms with Crippen LogP contribution < -0.4 is 10.6 Å². The van der Waals surface area contributed by atoms with Crippen LogP contribution in [0.25, 0.3) is 0 Å². The van der Waals surface area contributed by atoms with Crippen molar-refractivity contribution < 1.29 is 14.7 Å². The summed E-state index contributed by atoms with van der Waals surface area (Å²) in [5.41, 5.74) is -0.122. The van der Waals surface area contributed by atoms with Gasteiger partial charge in [-0.05, 0) is 30.1 Å². The van der Waals surface area contributed by atoms with E-state index in [1.54, 1.807) is 11.8 Å². The maximum Gasteiger partial charge on any atom is 0.337 e. The molecule has 8 heteroatoms. The molecule has 0 heterocycles. The summed E-state index contributed by atoms with van der Waals surface area (Å²) in [4.78, 5) is 23.0.